The van der Waals surface area contributed by atoms with Crippen LogP contribution in [0.25, 0.3) is 10.9 Å². The fraction of sp³-hybridized carbons (Fsp3) is 0.438. The number of aryl methyl sites for hydroxylation is 1. The highest BCUT2D eigenvalue weighted by molar-refractivity contribution is 5.78. The normalized spacial score (nSPS) is 18.0. The number of para-hydroxylation sites is 1. The highest BCUT2D eigenvalue weighted by atomic mass is 16.2. The smallest absolute Gasteiger partial charge is 0.261 e. The second-order valence-corrected chi connectivity index (χ2v) is 5.63. The largest absolute Gasteiger partial charge is 0.338 e. The third-order valence-corrected chi connectivity index (χ3v) is 4.27. The number of nitrogens with two attached hydrogens (primary N) is 1. The van der Waals surface area contributed by atoms with E-state index in [0.717, 1.165) is 19.4 Å². The number of hydrogen-bond donors (Lipinski definition) is 1. The van der Waals surface area contributed by atoms with Gasteiger partial charge in [0.25, 0.3) is 5.56 Å². The van der Waals surface area contributed by atoms with Gasteiger partial charge in [0, 0.05) is 32.1 Å². The summed E-state index contributed by atoms with van der Waals surface area (Å²) in [6.45, 7) is 1.62. The number of amides is 1. The molecule has 22 heavy (non-hydrogen) atoms. The van der Waals surface area contributed by atoms with Crippen molar-refractivity contribution in [1.29, 1.82) is 0 Å². The Morgan fingerprint density at radius 3 is 3.00 bits per heavy atom. The van der Waals surface area contributed by atoms with Crippen LogP contribution in [0.3, 0.4) is 0 Å². The molecule has 1 aliphatic rings. The van der Waals surface area contributed by atoms with Crippen LogP contribution < -0.4 is 11.3 Å². The Hall–Kier alpha value is -2.21. The maximum Gasteiger partial charge on any atom is 0.261 e. The van der Waals surface area contributed by atoms with Gasteiger partial charge in [-0.1, -0.05) is 12.1 Å². The molecule has 1 atom stereocenters. The minimum Gasteiger partial charge on any atom is -0.338 e. The summed E-state index contributed by atoms with van der Waals surface area (Å²) < 4.78 is 1.51. The molecule has 0 aliphatic carbocycles. The maximum absolute atomic E-state index is 12.4. The Bertz CT molecular complexity index is 740. The van der Waals surface area contributed by atoms with Gasteiger partial charge in [-0.2, -0.15) is 0 Å². The van der Waals surface area contributed by atoms with Crippen molar-refractivity contribution >= 4 is 16.8 Å². The standard InChI is InChI=1S/C16H20N4O2/c17-10-12-4-3-8-20(12)15(21)7-9-19-11-18-14-6-2-1-5-13(14)16(19)22/h1-2,5-6,11-12H,3-4,7-10,17H2/t12-/m1/s1. The number of carbonyl (C=O) groups excluding carboxylic acids is 1. The lowest BCUT2D eigenvalue weighted by molar-refractivity contribution is -0.132. The Morgan fingerprint density at radius 1 is 1.36 bits per heavy atom. The second kappa shape index (κ2) is 6.27. The monoisotopic (exact) mass is 300 g/mol. The van der Waals surface area contributed by atoms with Crippen LogP contribution in [-0.4, -0.2) is 39.5 Å². The first-order chi connectivity index (χ1) is 10.7. The number of aromatic nitrogens is 2. The highest BCUT2D eigenvalue weighted by Gasteiger charge is 2.27. The molecule has 0 radical (unpaired) electrons. The van der Waals surface area contributed by atoms with E-state index >= 15 is 0 Å². The highest BCUT2D eigenvalue weighted by Crippen LogP contribution is 2.17. The summed E-state index contributed by atoms with van der Waals surface area (Å²) in [6, 6.07) is 7.38. The number of rotatable bonds is 4. The molecule has 1 aromatic heterocycles. The predicted molar refractivity (Wildman–Crippen MR) is 84.4 cm³/mol. The van der Waals surface area contributed by atoms with E-state index in [9.17, 15) is 9.59 Å². The van der Waals surface area contributed by atoms with E-state index in [4.69, 9.17) is 5.73 Å². The molecule has 0 unspecified atom stereocenters. The Balaban J connectivity index is 1.73. The van der Waals surface area contributed by atoms with Crippen LogP contribution in [0.4, 0.5) is 0 Å². The molecule has 1 aromatic carbocycles. The van der Waals surface area contributed by atoms with Gasteiger partial charge in [0.15, 0.2) is 0 Å². The lowest BCUT2D eigenvalue weighted by Crippen LogP contribution is -2.40. The molecule has 116 valence electrons. The Kier molecular flexibility index (Phi) is 4.20. The van der Waals surface area contributed by atoms with Crippen molar-refractivity contribution in [3.8, 4) is 0 Å². The van der Waals surface area contributed by atoms with E-state index in [2.05, 4.69) is 4.98 Å². The van der Waals surface area contributed by atoms with E-state index in [0.29, 0.717) is 30.4 Å². The van der Waals surface area contributed by atoms with E-state index < -0.39 is 0 Å². The fourth-order valence-corrected chi connectivity index (χ4v) is 3.03. The van der Waals surface area contributed by atoms with Crippen molar-refractivity contribution in [2.45, 2.75) is 31.8 Å². The summed E-state index contributed by atoms with van der Waals surface area (Å²) in [6.07, 6.45) is 3.80. The summed E-state index contributed by atoms with van der Waals surface area (Å²) >= 11 is 0. The molecule has 6 nitrogen and oxygen atoms in total. The average Bonchev–Trinajstić information content (AvgIpc) is 3.03. The molecule has 0 bridgehead atoms. The fourth-order valence-electron chi connectivity index (χ4n) is 3.03. The Morgan fingerprint density at radius 2 is 2.18 bits per heavy atom. The van der Waals surface area contributed by atoms with Crippen LogP contribution in [0.5, 0.6) is 0 Å². The first-order valence-corrected chi connectivity index (χ1v) is 7.64. The van der Waals surface area contributed by atoms with Gasteiger partial charge in [0.05, 0.1) is 17.2 Å². The quantitative estimate of drug-likeness (QED) is 0.903. The molecular weight excluding hydrogens is 280 g/mol. The molecule has 1 aliphatic heterocycles. The third-order valence-electron chi connectivity index (χ3n) is 4.27. The SMILES string of the molecule is NC[C@H]1CCCN1C(=O)CCn1cnc2ccccc2c1=O. The number of likely N-dealkylation sites (tertiary alicyclic amines) is 1. The van der Waals surface area contributed by atoms with Crippen molar-refractivity contribution in [3.05, 3.63) is 40.9 Å². The van der Waals surface area contributed by atoms with Gasteiger partial charge in [-0.15, -0.1) is 0 Å². The van der Waals surface area contributed by atoms with Crippen molar-refractivity contribution in [1.82, 2.24) is 14.5 Å². The van der Waals surface area contributed by atoms with Crippen LogP contribution in [0.15, 0.2) is 35.4 Å². The average molecular weight is 300 g/mol. The topological polar surface area (TPSA) is 81.2 Å². The molecule has 2 aromatic rings. The summed E-state index contributed by atoms with van der Waals surface area (Å²) in [4.78, 5) is 30.8. The predicted octanol–water partition coefficient (Wildman–Crippen LogP) is 0.736. The first-order valence-electron chi connectivity index (χ1n) is 7.64. The van der Waals surface area contributed by atoms with Gasteiger partial charge in [-0.05, 0) is 25.0 Å². The number of nitrogens with zero attached hydrogens (tertiary/aromatic N) is 3. The van der Waals surface area contributed by atoms with E-state index in [1.54, 1.807) is 6.07 Å². The molecule has 1 fully saturated rings. The molecule has 1 saturated heterocycles. The summed E-state index contributed by atoms with van der Waals surface area (Å²) in [5, 5.41) is 0.582. The van der Waals surface area contributed by atoms with Crippen LogP contribution in [0.1, 0.15) is 19.3 Å². The second-order valence-electron chi connectivity index (χ2n) is 5.63. The van der Waals surface area contributed by atoms with Crippen molar-refractivity contribution < 1.29 is 4.79 Å². The van der Waals surface area contributed by atoms with Gasteiger partial charge in [0.1, 0.15) is 0 Å². The lowest BCUT2D eigenvalue weighted by Gasteiger charge is -2.23. The molecule has 6 heteroatoms. The molecule has 0 saturated carbocycles. The molecule has 1 amide bonds. The zero-order chi connectivity index (χ0) is 15.5. The molecule has 2 heterocycles. The Labute approximate surface area is 128 Å². The molecule has 2 N–H and O–H groups in total. The van der Waals surface area contributed by atoms with E-state index in [-0.39, 0.29) is 17.5 Å². The maximum atomic E-state index is 12.4. The van der Waals surface area contributed by atoms with Crippen LogP contribution in [-0.2, 0) is 11.3 Å². The van der Waals surface area contributed by atoms with Gasteiger partial charge in [-0.3, -0.25) is 14.2 Å². The van der Waals surface area contributed by atoms with E-state index in [1.807, 2.05) is 23.1 Å². The zero-order valence-corrected chi connectivity index (χ0v) is 12.4. The lowest BCUT2D eigenvalue weighted by atomic mass is 10.2. The van der Waals surface area contributed by atoms with Crippen LogP contribution in [0.2, 0.25) is 0 Å². The van der Waals surface area contributed by atoms with Crippen molar-refractivity contribution in [2.75, 3.05) is 13.1 Å². The molecule has 3 rings (SSSR count). The third kappa shape index (κ3) is 2.74. The van der Waals surface area contributed by atoms with Crippen LogP contribution in [0, 0.1) is 0 Å². The van der Waals surface area contributed by atoms with Gasteiger partial charge < -0.3 is 10.6 Å². The number of fused-ring (bicyclic) bond motifs is 1. The first kappa shape index (κ1) is 14.7. The molecule has 0 spiro atoms. The summed E-state index contributed by atoms with van der Waals surface area (Å²) in [7, 11) is 0. The summed E-state index contributed by atoms with van der Waals surface area (Å²) in [5.41, 5.74) is 6.27. The number of benzene rings is 1. The van der Waals surface area contributed by atoms with Crippen molar-refractivity contribution in [3.63, 3.8) is 0 Å². The number of carbonyl (C=O) groups is 1. The van der Waals surface area contributed by atoms with Crippen molar-refractivity contribution in [2.24, 2.45) is 5.73 Å². The summed E-state index contributed by atoms with van der Waals surface area (Å²) in [5.74, 6) is 0.0630. The van der Waals surface area contributed by atoms with Gasteiger partial charge >= 0.3 is 0 Å². The number of hydrogen-bond acceptors (Lipinski definition) is 4. The zero-order valence-electron chi connectivity index (χ0n) is 12.4. The minimum absolute atomic E-state index is 0.0630. The van der Waals surface area contributed by atoms with Gasteiger partial charge in [-0.25, -0.2) is 4.98 Å². The van der Waals surface area contributed by atoms with Gasteiger partial charge in [0.2, 0.25) is 5.91 Å². The van der Waals surface area contributed by atoms with E-state index in [1.165, 1.54) is 10.9 Å². The molecular formula is C16H20N4O2. The van der Waals surface area contributed by atoms with Crippen LogP contribution >= 0.6 is 0 Å². The minimum atomic E-state index is -0.102.